The highest BCUT2D eigenvalue weighted by Crippen LogP contribution is 2.41. The summed E-state index contributed by atoms with van der Waals surface area (Å²) in [6, 6.07) is 0. The number of halogens is 6. The zero-order valence-corrected chi connectivity index (χ0v) is 48.5. The number of carbonyl (C=O) groups is 6. The molecule has 6 amide bonds. The van der Waals surface area contributed by atoms with E-state index in [1.165, 1.54) is 28.2 Å². The normalized spacial score (nSPS) is 14.1. The van der Waals surface area contributed by atoms with E-state index in [-0.39, 0.29) is 94.0 Å². The van der Waals surface area contributed by atoms with Crippen molar-refractivity contribution >= 4 is 183 Å². The van der Waals surface area contributed by atoms with E-state index >= 15 is 0 Å². The van der Waals surface area contributed by atoms with Crippen LogP contribution in [0.25, 0.3) is 0 Å². The zero-order valence-electron chi connectivity index (χ0n) is 35.6. The number of aliphatic hydroxyl groups excluding tert-OH is 10. The molecule has 2 aromatic carbocycles. The van der Waals surface area contributed by atoms with Crippen LogP contribution in [0.1, 0.15) is 41.4 Å². The van der Waals surface area contributed by atoms with E-state index in [2.05, 4.69) is 0 Å². The summed E-state index contributed by atoms with van der Waals surface area (Å²) in [5.74, 6) is -2.95. The lowest BCUT2D eigenvalue weighted by Gasteiger charge is -2.32. The topological polar surface area (TPSA) is 324 Å². The van der Waals surface area contributed by atoms with Crippen molar-refractivity contribution in [2.75, 3.05) is 104 Å². The molecule has 0 fully saturated rings. The number of anilines is 2. The molecule has 0 spiro atoms. The number of hydrogen-bond acceptors (Lipinski definition) is 16. The van der Waals surface area contributed by atoms with Gasteiger partial charge in [-0.2, -0.15) is 0 Å². The molecule has 0 radical (unpaired) electrons. The van der Waals surface area contributed by atoms with E-state index in [0.29, 0.717) is 0 Å². The van der Waals surface area contributed by atoms with Crippen molar-refractivity contribution in [3.05, 3.63) is 43.7 Å². The lowest BCUT2D eigenvalue weighted by atomic mass is 10.0. The number of nitrogens with zero attached hydrogens (tertiary/aromatic N) is 6. The largest absolute Gasteiger partial charge is 0.394 e. The van der Waals surface area contributed by atoms with Gasteiger partial charge in [0, 0.05) is 61.5 Å². The van der Waals surface area contributed by atoms with Gasteiger partial charge in [0.1, 0.15) is 0 Å². The maximum atomic E-state index is 14.0. The van der Waals surface area contributed by atoms with Crippen molar-refractivity contribution in [1.82, 2.24) is 19.6 Å². The van der Waals surface area contributed by atoms with Crippen LogP contribution in [0.3, 0.4) is 0 Å². The fourth-order valence-electron chi connectivity index (χ4n) is 6.17. The summed E-state index contributed by atoms with van der Waals surface area (Å²) in [5.41, 5.74) is -0.580. The quantitative estimate of drug-likeness (QED) is 0.0394. The Kier molecular flexibility index (Phi) is 26.3. The molecule has 0 aliphatic heterocycles. The Hall–Kier alpha value is -0.760. The second kappa shape index (κ2) is 28.3. The Morgan fingerprint density at radius 3 is 0.773 bits per heavy atom. The maximum Gasteiger partial charge on any atom is 0.255 e. The first kappa shape index (κ1) is 61.4. The van der Waals surface area contributed by atoms with Gasteiger partial charge in [0.05, 0.1) is 124 Å². The molecule has 0 saturated carbocycles. The summed E-state index contributed by atoms with van der Waals surface area (Å²) in [6.07, 6.45) is -8.54. The van der Waals surface area contributed by atoms with E-state index in [9.17, 15) is 79.8 Å². The molecule has 22 nitrogen and oxygen atoms in total. The predicted octanol–water partition coefficient (Wildman–Crippen LogP) is -1.64. The zero-order chi connectivity index (χ0) is 50.7. The summed E-state index contributed by atoms with van der Waals surface area (Å²) >= 11 is 10.6. The molecule has 2 rings (SSSR count). The third kappa shape index (κ3) is 15.1. The number of likely N-dealkylation sites (N-methyl/N-ethyl adjacent to an activating group) is 4. The van der Waals surface area contributed by atoms with E-state index < -0.39 is 99.8 Å². The summed E-state index contributed by atoms with van der Waals surface area (Å²) in [4.78, 5) is 88.1. The second-order valence-corrected chi connectivity index (χ2v) is 21.3. The monoisotopic (exact) mass is 1610 g/mol. The lowest BCUT2D eigenvalue weighted by molar-refractivity contribution is -0.109. The minimum atomic E-state index is -1.88. The summed E-state index contributed by atoms with van der Waals surface area (Å²) in [6.45, 7) is -5.45. The average Bonchev–Trinajstić information content (AvgIpc) is 3.27. The van der Waals surface area contributed by atoms with E-state index in [1.54, 1.807) is 136 Å². The molecule has 10 N–H and O–H groups in total. The number of aliphatic hydroxyl groups is 10. The van der Waals surface area contributed by atoms with Gasteiger partial charge in [-0.1, -0.05) is 0 Å². The Bertz CT molecular complexity index is 1840. The molecule has 370 valence electrons. The van der Waals surface area contributed by atoms with Gasteiger partial charge in [-0.3, -0.25) is 28.8 Å². The molecule has 0 bridgehead atoms. The lowest BCUT2D eigenvalue weighted by Crippen LogP contribution is -2.46. The summed E-state index contributed by atoms with van der Waals surface area (Å²) < 4.78 is 0.598. The fraction of sp³-hybridized carbons (Fsp3) is 0.526. The van der Waals surface area contributed by atoms with Gasteiger partial charge in [-0.15, -0.1) is 0 Å². The van der Waals surface area contributed by atoms with Crippen molar-refractivity contribution in [3.8, 4) is 0 Å². The molecule has 0 heterocycles. The molecule has 28 heteroatoms. The van der Waals surface area contributed by atoms with Crippen LogP contribution in [0.5, 0.6) is 0 Å². The number of benzene rings is 2. The van der Waals surface area contributed by atoms with Crippen LogP contribution >= 0.6 is 136 Å². The molecule has 0 aliphatic rings. The first-order valence-corrected chi connectivity index (χ1v) is 25.7. The Morgan fingerprint density at radius 1 is 0.409 bits per heavy atom. The van der Waals surface area contributed by atoms with Crippen LogP contribution in [0, 0.1) is 21.4 Å². The van der Waals surface area contributed by atoms with Gasteiger partial charge in [0.2, 0.25) is 12.8 Å². The van der Waals surface area contributed by atoms with Crippen LogP contribution in [0.4, 0.5) is 11.4 Å². The van der Waals surface area contributed by atoms with Crippen molar-refractivity contribution in [2.45, 2.75) is 36.6 Å². The third-order valence-corrected chi connectivity index (χ3v) is 16.0. The van der Waals surface area contributed by atoms with Gasteiger partial charge in [0.15, 0.2) is 0 Å². The van der Waals surface area contributed by atoms with Gasteiger partial charge in [0.25, 0.3) is 23.6 Å². The Morgan fingerprint density at radius 2 is 0.606 bits per heavy atom. The minimum Gasteiger partial charge on any atom is -0.394 e. The van der Waals surface area contributed by atoms with Gasteiger partial charge in [-0.25, -0.2) is 0 Å². The van der Waals surface area contributed by atoms with Crippen LogP contribution in [0.2, 0.25) is 0 Å². The highest BCUT2D eigenvalue weighted by atomic mass is 127. The molecule has 0 aromatic heterocycles. The summed E-state index contributed by atoms with van der Waals surface area (Å²) in [5, 5.41) is 101. The average molecular weight is 1610 g/mol. The Balaban J connectivity index is 2.81. The van der Waals surface area contributed by atoms with Crippen molar-refractivity contribution in [1.29, 1.82) is 0 Å². The molecule has 0 aliphatic carbocycles. The van der Waals surface area contributed by atoms with Crippen molar-refractivity contribution in [2.24, 2.45) is 0 Å². The molecular formula is C38H50I6N6O16. The van der Waals surface area contributed by atoms with Crippen LogP contribution in [-0.2, 0) is 9.59 Å². The van der Waals surface area contributed by atoms with Gasteiger partial charge < -0.3 is 80.5 Å². The Labute approximate surface area is 461 Å². The van der Waals surface area contributed by atoms with E-state index in [4.69, 9.17) is 0 Å². The van der Waals surface area contributed by atoms with Crippen LogP contribution in [-0.4, -0.2) is 238 Å². The molecule has 2 aromatic rings. The fourth-order valence-corrected chi connectivity index (χ4v) is 15.6. The molecular weight excluding hydrogens is 1560 g/mol. The SMILES string of the molecule is CN(CC(O)CO)C(=O)c1c(I)c(C(=O)N(C)CC(O)CO)c(I)c(N(C=O)CC(O)C(O)CN(C=O)c2c(I)c(C(=O)N(C)CC(O)CO)c(I)c(C(=O)N(C)CC(O)CO)c2I)c1I. The first-order chi connectivity index (χ1) is 30.8. The number of amides is 6. The van der Waals surface area contributed by atoms with E-state index in [0.717, 1.165) is 29.4 Å². The van der Waals surface area contributed by atoms with Crippen molar-refractivity contribution < 1.29 is 79.8 Å². The highest BCUT2D eigenvalue weighted by molar-refractivity contribution is 14.1. The smallest absolute Gasteiger partial charge is 0.255 e. The van der Waals surface area contributed by atoms with E-state index in [1.807, 2.05) is 0 Å². The number of hydrogen-bond donors (Lipinski definition) is 10. The minimum absolute atomic E-state index is 0.0667. The highest BCUT2D eigenvalue weighted by Gasteiger charge is 2.37. The predicted molar refractivity (Wildman–Crippen MR) is 288 cm³/mol. The van der Waals surface area contributed by atoms with Crippen LogP contribution in [0.15, 0.2) is 0 Å². The molecule has 6 atom stereocenters. The van der Waals surface area contributed by atoms with Gasteiger partial charge >= 0.3 is 0 Å². The maximum absolute atomic E-state index is 14.0. The molecule has 0 saturated heterocycles. The molecule has 66 heavy (non-hydrogen) atoms. The summed E-state index contributed by atoms with van der Waals surface area (Å²) in [7, 11) is 5.33. The standard InChI is InChI=1S/C38H50I6N6O16/c1-45(5-17(57)11-51)35(63)23-27(39)24(36(64)46(2)6-18(58)12-52)30(42)33(29(23)41)49(15-55)9-21(61)22(62)10-50(16-56)34-31(43)25(37(65)47(3)7-19(59)13-53)28(40)26(32(34)44)38(66)48(4)8-20(60)14-54/h15-22,51-54,57-62H,5-14H2,1-4H3. The second-order valence-electron chi connectivity index (χ2n) is 14.8. The van der Waals surface area contributed by atoms with Gasteiger partial charge in [-0.05, 0) is 136 Å². The number of rotatable bonds is 25. The first-order valence-electron chi connectivity index (χ1n) is 19.2. The van der Waals surface area contributed by atoms with Crippen molar-refractivity contribution in [3.63, 3.8) is 0 Å². The number of carbonyl (C=O) groups excluding carboxylic acids is 6. The molecule has 6 unspecified atom stereocenters. The third-order valence-electron chi connectivity index (χ3n) is 9.65. The van der Waals surface area contributed by atoms with Crippen LogP contribution < -0.4 is 9.80 Å².